The molecule has 120 valence electrons. The van der Waals surface area contributed by atoms with Crippen molar-refractivity contribution in [2.24, 2.45) is 0 Å². The summed E-state index contributed by atoms with van der Waals surface area (Å²) in [7, 11) is 0. The van der Waals surface area contributed by atoms with Crippen LogP contribution in [-0.2, 0) is 23.4 Å². The molecule has 1 aromatic carbocycles. The van der Waals surface area contributed by atoms with Gasteiger partial charge in [-0.15, -0.1) is 11.8 Å². The van der Waals surface area contributed by atoms with Gasteiger partial charge in [0.25, 0.3) is 5.56 Å². The number of aromatic amines is 1. The number of amides is 1. The van der Waals surface area contributed by atoms with E-state index in [2.05, 4.69) is 27.6 Å². The van der Waals surface area contributed by atoms with E-state index in [9.17, 15) is 9.59 Å². The number of fused-ring (bicyclic) bond motifs is 1. The third-order valence-corrected chi connectivity index (χ3v) is 4.89. The number of aryl methyl sites for hydroxylation is 1. The van der Waals surface area contributed by atoms with E-state index in [1.807, 2.05) is 18.2 Å². The summed E-state index contributed by atoms with van der Waals surface area (Å²) in [4.78, 5) is 23.4. The van der Waals surface area contributed by atoms with Crippen molar-refractivity contribution in [1.29, 1.82) is 0 Å². The summed E-state index contributed by atoms with van der Waals surface area (Å²) >= 11 is 1.61. The van der Waals surface area contributed by atoms with Gasteiger partial charge in [0.1, 0.15) is 0 Å². The molecule has 0 spiro atoms. The van der Waals surface area contributed by atoms with Crippen molar-refractivity contribution in [1.82, 2.24) is 15.5 Å². The zero-order chi connectivity index (χ0) is 16.1. The highest BCUT2D eigenvalue weighted by Gasteiger charge is 2.21. The summed E-state index contributed by atoms with van der Waals surface area (Å²) in [6.07, 6.45) is 2.33. The topological polar surface area (TPSA) is 74.8 Å². The van der Waals surface area contributed by atoms with Crippen molar-refractivity contribution < 1.29 is 4.79 Å². The summed E-state index contributed by atoms with van der Waals surface area (Å²) in [5.74, 6) is 1.34. The monoisotopic (exact) mass is 329 g/mol. The van der Waals surface area contributed by atoms with Crippen molar-refractivity contribution in [3.8, 4) is 0 Å². The van der Waals surface area contributed by atoms with Gasteiger partial charge < -0.3 is 5.32 Å². The molecule has 2 N–H and O–H groups in total. The minimum atomic E-state index is -0.186. The Hall–Kier alpha value is -2.08. The first-order chi connectivity index (χ1) is 11.2. The Bertz CT molecular complexity index is 730. The predicted octanol–water partition coefficient (Wildman–Crippen LogP) is 1.68. The van der Waals surface area contributed by atoms with Crippen LogP contribution in [0.4, 0.5) is 0 Å². The number of hydrogen-bond donors (Lipinski definition) is 2. The molecule has 1 amide bonds. The number of aromatic nitrogens is 2. The van der Waals surface area contributed by atoms with Crippen LogP contribution in [0.25, 0.3) is 0 Å². The number of benzene rings is 1. The van der Waals surface area contributed by atoms with Crippen LogP contribution in [0.1, 0.15) is 23.2 Å². The van der Waals surface area contributed by atoms with E-state index in [4.69, 9.17) is 0 Å². The lowest BCUT2D eigenvalue weighted by atomic mass is 9.92. The van der Waals surface area contributed by atoms with Crippen molar-refractivity contribution in [2.75, 3.05) is 5.75 Å². The highest BCUT2D eigenvalue weighted by Crippen LogP contribution is 2.18. The fourth-order valence-corrected chi connectivity index (χ4v) is 3.57. The van der Waals surface area contributed by atoms with Gasteiger partial charge in [0, 0.05) is 17.9 Å². The third kappa shape index (κ3) is 4.45. The maximum absolute atomic E-state index is 12.1. The maximum Gasteiger partial charge on any atom is 0.264 e. The quantitative estimate of drug-likeness (QED) is 0.875. The Morgan fingerprint density at radius 2 is 2.17 bits per heavy atom. The Labute approximate surface area is 138 Å². The highest BCUT2D eigenvalue weighted by molar-refractivity contribution is 7.99. The number of rotatable bonds is 5. The number of H-pyrrole nitrogens is 1. The molecule has 0 fully saturated rings. The number of carbonyl (C=O) groups excluding carboxylic acids is 1. The lowest BCUT2D eigenvalue weighted by molar-refractivity contribution is -0.119. The fourth-order valence-electron chi connectivity index (χ4n) is 2.77. The van der Waals surface area contributed by atoms with E-state index >= 15 is 0 Å². The lowest BCUT2D eigenvalue weighted by Crippen LogP contribution is -2.40. The minimum Gasteiger partial charge on any atom is -0.352 e. The number of nitrogens with one attached hydrogen (secondary N) is 2. The molecule has 2 aromatic rings. The van der Waals surface area contributed by atoms with Crippen LogP contribution in [-0.4, -0.2) is 27.9 Å². The second kappa shape index (κ2) is 7.46. The molecule has 1 aromatic heterocycles. The third-order valence-electron chi connectivity index (χ3n) is 3.88. The Balaban J connectivity index is 1.46. The molecule has 5 nitrogen and oxygen atoms in total. The number of carbonyl (C=O) groups is 1. The van der Waals surface area contributed by atoms with Crippen molar-refractivity contribution in [3.05, 3.63) is 63.6 Å². The van der Waals surface area contributed by atoms with Crippen LogP contribution in [0, 0.1) is 0 Å². The largest absolute Gasteiger partial charge is 0.352 e. The first-order valence-electron chi connectivity index (χ1n) is 7.69. The predicted molar refractivity (Wildman–Crippen MR) is 91.4 cm³/mol. The molecule has 1 aliphatic carbocycles. The van der Waals surface area contributed by atoms with Crippen LogP contribution in [0.5, 0.6) is 0 Å². The summed E-state index contributed by atoms with van der Waals surface area (Å²) < 4.78 is 0. The first kappa shape index (κ1) is 15.8. The van der Waals surface area contributed by atoms with Crippen LogP contribution >= 0.6 is 11.8 Å². The van der Waals surface area contributed by atoms with E-state index in [-0.39, 0.29) is 17.5 Å². The molecule has 3 rings (SSSR count). The van der Waals surface area contributed by atoms with E-state index in [0.717, 1.165) is 29.9 Å². The average Bonchev–Trinajstić information content (AvgIpc) is 2.55. The van der Waals surface area contributed by atoms with Gasteiger partial charge >= 0.3 is 0 Å². The Morgan fingerprint density at radius 3 is 3.00 bits per heavy atom. The summed E-state index contributed by atoms with van der Waals surface area (Å²) in [5, 5.41) is 9.59. The van der Waals surface area contributed by atoms with Crippen molar-refractivity contribution in [2.45, 2.75) is 31.1 Å². The normalized spacial score (nSPS) is 16.6. The highest BCUT2D eigenvalue weighted by atomic mass is 32.2. The first-order valence-corrected chi connectivity index (χ1v) is 8.84. The molecule has 1 atom stereocenters. The van der Waals surface area contributed by atoms with Crippen molar-refractivity contribution in [3.63, 3.8) is 0 Å². The Kier molecular flexibility index (Phi) is 5.12. The molecular weight excluding hydrogens is 310 g/mol. The van der Waals surface area contributed by atoms with E-state index in [1.165, 1.54) is 5.56 Å². The van der Waals surface area contributed by atoms with Crippen LogP contribution in [0.3, 0.4) is 0 Å². The average molecular weight is 329 g/mol. The molecule has 0 saturated carbocycles. The molecule has 1 unspecified atom stereocenters. The van der Waals surface area contributed by atoms with Gasteiger partial charge in [-0.3, -0.25) is 9.59 Å². The fraction of sp³-hybridized carbons (Fsp3) is 0.353. The van der Waals surface area contributed by atoms with E-state index in [1.54, 1.807) is 17.8 Å². The molecule has 6 heteroatoms. The Morgan fingerprint density at radius 1 is 1.35 bits per heavy atom. The van der Waals surface area contributed by atoms with Crippen LogP contribution < -0.4 is 10.9 Å². The molecule has 0 aliphatic heterocycles. The van der Waals surface area contributed by atoms with Crippen molar-refractivity contribution >= 4 is 17.7 Å². The number of nitrogens with zero attached hydrogens (tertiary/aromatic N) is 1. The van der Waals surface area contributed by atoms with Gasteiger partial charge in [0.2, 0.25) is 5.91 Å². The molecule has 0 radical (unpaired) electrons. The van der Waals surface area contributed by atoms with Gasteiger partial charge in [-0.1, -0.05) is 30.3 Å². The molecular formula is C17H19N3O2S. The minimum absolute atomic E-state index is 0.0529. The molecule has 0 bridgehead atoms. The molecule has 1 heterocycles. The lowest BCUT2D eigenvalue weighted by Gasteiger charge is -2.24. The van der Waals surface area contributed by atoms with Crippen LogP contribution in [0.15, 0.2) is 41.2 Å². The van der Waals surface area contributed by atoms with Gasteiger partial charge in [0.15, 0.2) is 0 Å². The van der Waals surface area contributed by atoms with Crippen LogP contribution in [0.2, 0.25) is 0 Å². The zero-order valence-electron chi connectivity index (χ0n) is 12.7. The van der Waals surface area contributed by atoms with E-state index < -0.39 is 0 Å². The summed E-state index contributed by atoms with van der Waals surface area (Å²) in [5.41, 5.74) is 2.92. The smallest absolute Gasteiger partial charge is 0.264 e. The number of thioether (sulfide) groups is 1. The van der Waals surface area contributed by atoms with Gasteiger partial charge in [-0.25, -0.2) is 5.10 Å². The maximum atomic E-state index is 12.1. The number of hydrogen-bond acceptors (Lipinski definition) is 4. The zero-order valence-corrected chi connectivity index (χ0v) is 13.6. The van der Waals surface area contributed by atoms with Gasteiger partial charge in [-0.2, -0.15) is 5.10 Å². The molecule has 23 heavy (non-hydrogen) atoms. The SMILES string of the molecule is O=C(CSCc1ccccc1)NC1CCc2n[nH]c(=O)cc2C1. The van der Waals surface area contributed by atoms with Gasteiger partial charge in [0.05, 0.1) is 11.4 Å². The molecule has 0 saturated heterocycles. The van der Waals surface area contributed by atoms with E-state index in [0.29, 0.717) is 12.2 Å². The summed E-state index contributed by atoms with van der Waals surface area (Å²) in [6.45, 7) is 0. The molecule has 1 aliphatic rings. The standard InChI is InChI=1S/C17H19N3O2S/c21-16-9-13-8-14(6-7-15(13)19-20-16)18-17(22)11-23-10-12-4-2-1-3-5-12/h1-5,9,14H,6-8,10-11H2,(H,18,22)(H,20,21). The summed E-state index contributed by atoms with van der Waals surface area (Å²) in [6, 6.07) is 11.8. The second-order valence-corrected chi connectivity index (χ2v) is 6.68. The van der Waals surface area contributed by atoms with Gasteiger partial charge in [-0.05, 0) is 30.4 Å². The second-order valence-electron chi connectivity index (χ2n) is 5.69.